The van der Waals surface area contributed by atoms with Gasteiger partial charge < -0.3 is 4.57 Å². The highest BCUT2D eigenvalue weighted by atomic mass is 15.0. The van der Waals surface area contributed by atoms with Crippen LogP contribution in [0.15, 0.2) is 182 Å². The van der Waals surface area contributed by atoms with Gasteiger partial charge in [0.05, 0.1) is 11.0 Å². The average Bonchev–Trinajstić information content (AvgIpc) is 3.61. The van der Waals surface area contributed by atoms with E-state index in [0.717, 1.165) is 33.4 Å². The standard InChI is InChI=1S/C53H36N4/c1-33-28-30-43-41-24-10-9-22-39(41)40-23-11-12-25-42(40)49(43)47(33)48-34(2)29-31-46-50(48)44-26-13-14-27-45(44)57(46)38-21-15-20-37(32-38)53-55-51(35-16-5-3-6-17-35)54-52(56-53)36-18-7-4-8-19-36/h3-32H,1-2H3. The van der Waals surface area contributed by atoms with Crippen molar-refractivity contribution in [3.63, 3.8) is 0 Å². The second-order valence-electron chi connectivity index (χ2n) is 14.9. The number of aryl methyl sites for hydroxylation is 2. The SMILES string of the molecule is Cc1ccc2c3ccccc3c3ccccc3c2c1-c1c(C)ccc2c1c1ccccc1n2-c1cccc(-c2nc(-c3ccccc3)nc(-c3ccccc3)n2)c1. The zero-order chi connectivity index (χ0) is 38.0. The number of para-hydroxylation sites is 1. The third kappa shape index (κ3) is 5.26. The van der Waals surface area contributed by atoms with Gasteiger partial charge in [0.2, 0.25) is 0 Å². The molecule has 0 spiro atoms. The Morgan fingerprint density at radius 2 is 0.789 bits per heavy atom. The van der Waals surface area contributed by atoms with Crippen molar-refractivity contribution in [3.05, 3.63) is 193 Å². The quantitative estimate of drug-likeness (QED) is 0.166. The minimum absolute atomic E-state index is 0.632. The van der Waals surface area contributed by atoms with Crippen LogP contribution in [-0.2, 0) is 0 Å². The van der Waals surface area contributed by atoms with E-state index in [0.29, 0.717) is 17.5 Å². The van der Waals surface area contributed by atoms with Crippen LogP contribution < -0.4 is 0 Å². The molecule has 0 fully saturated rings. The monoisotopic (exact) mass is 728 g/mol. The Morgan fingerprint density at radius 3 is 1.42 bits per heavy atom. The normalized spacial score (nSPS) is 11.7. The number of nitrogens with zero attached hydrogens (tertiary/aromatic N) is 4. The first kappa shape index (κ1) is 33.0. The number of rotatable bonds is 5. The van der Waals surface area contributed by atoms with E-state index in [1.165, 1.54) is 65.3 Å². The molecule has 4 heteroatoms. The Kier molecular flexibility index (Phi) is 7.58. The number of hydrogen-bond donors (Lipinski definition) is 0. The van der Waals surface area contributed by atoms with E-state index in [2.05, 4.69) is 140 Å². The number of hydrogen-bond acceptors (Lipinski definition) is 3. The van der Waals surface area contributed by atoms with Crippen LogP contribution in [0.5, 0.6) is 0 Å². The van der Waals surface area contributed by atoms with Crippen LogP contribution in [0.25, 0.3) is 105 Å². The molecular weight excluding hydrogens is 693 g/mol. The van der Waals surface area contributed by atoms with E-state index in [9.17, 15) is 0 Å². The summed E-state index contributed by atoms with van der Waals surface area (Å²) in [6.45, 7) is 4.53. The average molecular weight is 729 g/mol. The van der Waals surface area contributed by atoms with Crippen LogP contribution in [0.3, 0.4) is 0 Å². The van der Waals surface area contributed by atoms with Crippen molar-refractivity contribution in [1.29, 1.82) is 0 Å². The molecule has 268 valence electrons. The topological polar surface area (TPSA) is 43.6 Å². The van der Waals surface area contributed by atoms with E-state index in [1.54, 1.807) is 0 Å². The maximum Gasteiger partial charge on any atom is 0.164 e. The van der Waals surface area contributed by atoms with Crippen molar-refractivity contribution in [2.45, 2.75) is 13.8 Å². The molecule has 2 heterocycles. The minimum Gasteiger partial charge on any atom is -0.309 e. The third-order valence-electron chi connectivity index (χ3n) is 11.5. The predicted molar refractivity (Wildman–Crippen MR) is 238 cm³/mol. The van der Waals surface area contributed by atoms with E-state index in [1.807, 2.05) is 60.7 Å². The van der Waals surface area contributed by atoms with Gasteiger partial charge in [-0.3, -0.25) is 0 Å². The molecule has 4 nitrogen and oxygen atoms in total. The summed E-state index contributed by atoms with van der Waals surface area (Å²) in [7, 11) is 0. The Hall–Kier alpha value is -7.43. The number of fused-ring (bicyclic) bond motifs is 9. The van der Waals surface area contributed by atoms with Gasteiger partial charge in [-0.2, -0.15) is 0 Å². The molecule has 0 aliphatic rings. The van der Waals surface area contributed by atoms with Gasteiger partial charge in [-0.15, -0.1) is 0 Å². The number of benzene rings is 9. The largest absolute Gasteiger partial charge is 0.309 e. The molecule has 9 aromatic carbocycles. The molecule has 11 rings (SSSR count). The van der Waals surface area contributed by atoms with Gasteiger partial charge >= 0.3 is 0 Å². The van der Waals surface area contributed by atoms with Gasteiger partial charge in [0.1, 0.15) is 0 Å². The van der Waals surface area contributed by atoms with E-state index in [4.69, 9.17) is 15.0 Å². The van der Waals surface area contributed by atoms with Gasteiger partial charge in [-0.1, -0.05) is 158 Å². The smallest absolute Gasteiger partial charge is 0.164 e. The highest BCUT2D eigenvalue weighted by Crippen LogP contribution is 2.47. The maximum absolute atomic E-state index is 5.07. The molecule has 0 radical (unpaired) electrons. The molecule has 11 aromatic rings. The van der Waals surface area contributed by atoms with E-state index < -0.39 is 0 Å². The lowest BCUT2D eigenvalue weighted by Gasteiger charge is -2.19. The van der Waals surface area contributed by atoms with Crippen LogP contribution in [0.4, 0.5) is 0 Å². The first-order valence-corrected chi connectivity index (χ1v) is 19.5. The van der Waals surface area contributed by atoms with Crippen LogP contribution in [0, 0.1) is 13.8 Å². The molecule has 0 N–H and O–H groups in total. The summed E-state index contributed by atoms with van der Waals surface area (Å²) in [5.41, 5.74) is 11.2. The van der Waals surface area contributed by atoms with Crippen molar-refractivity contribution in [1.82, 2.24) is 19.5 Å². The molecule has 0 unspecified atom stereocenters. The van der Waals surface area contributed by atoms with Gasteiger partial charge in [0.25, 0.3) is 0 Å². The summed E-state index contributed by atoms with van der Waals surface area (Å²) in [6.07, 6.45) is 0. The van der Waals surface area contributed by atoms with Gasteiger partial charge in [0, 0.05) is 33.2 Å². The lowest BCUT2D eigenvalue weighted by atomic mass is 9.84. The summed E-state index contributed by atoms with van der Waals surface area (Å²) in [4.78, 5) is 15.1. The molecule has 0 aliphatic carbocycles. The van der Waals surface area contributed by atoms with Gasteiger partial charge in [-0.25, -0.2) is 15.0 Å². The minimum atomic E-state index is 0.632. The maximum atomic E-state index is 5.07. The summed E-state index contributed by atoms with van der Waals surface area (Å²) in [5, 5.41) is 10.2. The molecule has 0 atom stereocenters. The fourth-order valence-corrected chi connectivity index (χ4v) is 8.91. The van der Waals surface area contributed by atoms with E-state index in [-0.39, 0.29) is 0 Å². The first-order valence-electron chi connectivity index (χ1n) is 19.5. The van der Waals surface area contributed by atoms with Crippen LogP contribution in [-0.4, -0.2) is 19.5 Å². The van der Waals surface area contributed by atoms with Crippen molar-refractivity contribution < 1.29 is 0 Å². The Bertz CT molecular complexity index is 3270. The molecule has 57 heavy (non-hydrogen) atoms. The van der Waals surface area contributed by atoms with Crippen LogP contribution >= 0.6 is 0 Å². The first-order chi connectivity index (χ1) is 28.1. The molecule has 0 saturated heterocycles. The zero-order valence-electron chi connectivity index (χ0n) is 31.6. The molecule has 0 aliphatic heterocycles. The lowest BCUT2D eigenvalue weighted by Crippen LogP contribution is -2.01. The van der Waals surface area contributed by atoms with E-state index >= 15 is 0 Å². The fraction of sp³-hybridized carbons (Fsp3) is 0.0377. The van der Waals surface area contributed by atoms with Crippen molar-refractivity contribution >= 4 is 54.1 Å². The molecule has 0 saturated carbocycles. The summed E-state index contributed by atoms with van der Waals surface area (Å²) >= 11 is 0. The third-order valence-corrected chi connectivity index (χ3v) is 11.5. The van der Waals surface area contributed by atoms with Gasteiger partial charge in [0.15, 0.2) is 17.5 Å². The highest BCUT2D eigenvalue weighted by Gasteiger charge is 2.23. The van der Waals surface area contributed by atoms with Crippen molar-refractivity contribution in [3.8, 4) is 51.0 Å². The molecular formula is C53H36N4. The molecule has 0 amide bonds. The summed E-state index contributed by atoms with van der Waals surface area (Å²) in [6, 6.07) is 64.7. The Labute approximate surface area is 330 Å². The second-order valence-corrected chi connectivity index (χ2v) is 14.9. The van der Waals surface area contributed by atoms with Crippen LogP contribution in [0.2, 0.25) is 0 Å². The predicted octanol–water partition coefficient (Wildman–Crippen LogP) is 13.7. The van der Waals surface area contributed by atoms with Gasteiger partial charge in [-0.05, 0) is 92.7 Å². The zero-order valence-corrected chi connectivity index (χ0v) is 31.6. The second kappa shape index (κ2) is 13.1. The fourth-order valence-electron chi connectivity index (χ4n) is 8.91. The van der Waals surface area contributed by atoms with Crippen molar-refractivity contribution in [2.24, 2.45) is 0 Å². The number of aromatic nitrogens is 4. The highest BCUT2D eigenvalue weighted by molar-refractivity contribution is 6.30. The van der Waals surface area contributed by atoms with Crippen LogP contribution in [0.1, 0.15) is 11.1 Å². The van der Waals surface area contributed by atoms with Crippen molar-refractivity contribution in [2.75, 3.05) is 0 Å². The molecule has 2 aromatic heterocycles. The molecule has 0 bridgehead atoms. The Balaban J connectivity index is 1.17. The lowest BCUT2D eigenvalue weighted by molar-refractivity contribution is 1.07. The summed E-state index contributed by atoms with van der Waals surface area (Å²) < 4.78 is 2.41. The Morgan fingerprint density at radius 1 is 0.333 bits per heavy atom. The summed E-state index contributed by atoms with van der Waals surface area (Å²) in [5.74, 6) is 1.92.